The number of thiophene rings is 1. The Bertz CT molecular complexity index is 1950. The van der Waals surface area contributed by atoms with Crippen molar-refractivity contribution >= 4 is 38.7 Å². The van der Waals surface area contributed by atoms with Crippen molar-refractivity contribution in [1.82, 2.24) is 19.8 Å². The summed E-state index contributed by atoms with van der Waals surface area (Å²) in [4.78, 5) is 27.7. The van der Waals surface area contributed by atoms with E-state index in [9.17, 15) is 9.18 Å². The molecule has 2 aliphatic rings. The van der Waals surface area contributed by atoms with E-state index < -0.39 is 11.6 Å². The molecule has 6 nitrogen and oxygen atoms in total. The molecule has 0 unspecified atom stereocenters. The molecular formula is C34H30F2N4O2S2. The third kappa shape index (κ3) is 5.00. The third-order valence-corrected chi connectivity index (χ3v) is 10.3. The van der Waals surface area contributed by atoms with Crippen LogP contribution in [0.25, 0.3) is 43.2 Å². The zero-order valence-electron chi connectivity index (χ0n) is 24.5. The molecule has 0 fully saturated rings. The maximum atomic E-state index is 15.9. The Morgan fingerprint density at radius 2 is 1.91 bits per heavy atom. The maximum absolute atomic E-state index is 15.9. The molecule has 7 rings (SSSR count). The highest BCUT2D eigenvalue weighted by molar-refractivity contribution is 7.18. The molecule has 1 amide bonds. The molecule has 0 saturated heterocycles. The van der Waals surface area contributed by atoms with Gasteiger partial charge in [0.05, 0.1) is 30.1 Å². The summed E-state index contributed by atoms with van der Waals surface area (Å²) in [5.41, 5.74) is 6.50. The molecule has 0 radical (unpaired) electrons. The van der Waals surface area contributed by atoms with Gasteiger partial charge in [-0.05, 0) is 55.1 Å². The Balaban J connectivity index is 1.48. The van der Waals surface area contributed by atoms with E-state index in [2.05, 4.69) is 36.7 Å². The number of nitrogens with zero attached hydrogens (tertiary/aromatic N) is 4. The fourth-order valence-electron chi connectivity index (χ4n) is 6.15. The van der Waals surface area contributed by atoms with Crippen LogP contribution in [-0.4, -0.2) is 52.4 Å². The van der Waals surface area contributed by atoms with Crippen LogP contribution in [0.15, 0.2) is 54.4 Å². The molecule has 0 bridgehead atoms. The molecule has 224 valence electrons. The van der Waals surface area contributed by atoms with Crippen LogP contribution in [0.2, 0.25) is 0 Å². The van der Waals surface area contributed by atoms with Crippen LogP contribution >= 0.6 is 22.7 Å². The van der Waals surface area contributed by atoms with Crippen LogP contribution in [0.5, 0.6) is 5.75 Å². The molecule has 0 N–H and O–H groups in total. The first-order valence-electron chi connectivity index (χ1n) is 14.6. The molecular weight excluding hydrogens is 599 g/mol. The Kier molecular flexibility index (Phi) is 7.52. The minimum absolute atomic E-state index is 0.123. The molecule has 44 heavy (non-hydrogen) atoms. The lowest BCUT2D eigenvalue weighted by Crippen LogP contribution is -2.34. The van der Waals surface area contributed by atoms with Crippen molar-refractivity contribution in [3.63, 3.8) is 0 Å². The molecule has 2 aromatic carbocycles. The number of carbonyl (C=O) groups excluding carboxylic acids is 1. The first-order chi connectivity index (χ1) is 21.3. The van der Waals surface area contributed by atoms with Gasteiger partial charge in [-0.3, -0.25) is 4.79 Å². The smallest absolute Gasteiger partial charge is 0.246 e. The molecule has 2 aliphatic heterocycles. The summed E-state index contributed by atoms with van der Waals surface area (Å²) in [7, 11) is 2.13. The summed E-state index contributed by atoms with van der Waals surface area (Å²) in [6.07, 6.45) is 2.88. The van der Waals surface area contributed by atoms with E-state index in [1.165, 1.54) is 45.9 Å². The number of aromatic nitrogens is 2. The molecule has 0 aliphatic carbocycles. The molecule has 5 aromatic rings. The summed E-state index contributed by atoms with van der Waals surface area (Å²) < 4.78 is 37.0. The number of carbonyl (C=O) groups is 1. The van der Waals surface area contributed by atoms with Crippen molar-refractivity contribution in [2.24, 2.45) is 0 Å². The van der Waals surface area contributed by atoms with Crippen molar-refractivity contribution in [3.8, 4) is 38.8 Å². The number of benzene rings is 2. The highest BCUT2D eigenvalue weighted by atomic mass is 32.1. The summed E-state index contributed by atoms with van der Waals surface area (Å²) >= 11 is 2.94. The van der Waals surface area contributed by atoms with Crippen LogP contribution in [0.4, 0.5) is 8.78 Å². The van der Waals surface area contributed by atoms with Crippen molar-refractivity contribution in [3.05, 3.63) is 87.8 Å². The van der Waals surface area contributed by atoms with Crippen molar-refractivity contribution in [2.45, 2.75) is 32.9 Å². The van der Waals surface area contributed by atoms with E-state index in [0.717, 1.165) is 57.5 Å². The lowest BCUT2D eigenvalue weighted by atomic mass is 9.94. The number of thiazole rings is 1. The highest BCUT2D eigenvalue weighted by Gasteiger charge is 2.29. The zero-order valence-corrected chi connectivity index (χ0v) is 26.1. The molecule has 10 heteroatoms. The van der Waals surface area contributed by atoms with E-state index in [0.29, 0.717) is 35.8 Å². The summed E-state index contributed by atoms with van der Waals surface area (Å²) in [6.45, 7) is 8.52. The molecule has 3 aromatic heterocycles. The van der Waals surface area contributed by atoms with E-state index in [-0.39, 0.29) is 23.8 Å². The predicted molar refractivity (Wildman–Crippen MR) is 172 cm³/mol. The highest BCUT2D eigenvalue weighted by Crippen LogP contribution is 2.48. The number of pyridine rings is 1. The van der Waals surface area contributed by atoms with Crippen LogP contribution in [0, 0.1) is 11.6 Å². The van der Waals surface area contributed by atoms with Crippen LogP contribution in [-0.2, 0) is 30.7 Å². The number of amides is 1. The van der Waals surface area contributed by atoms with Gasteiger partial charge < -0.3 is 14.5 Å². The van der Waals surface area contributed by atoms with Crippen LogP contribution in [0.1, 0.15) is 28.6 Å². The van der Waals surface area contributed by atoms with E-state index >= 15 is 4.39 Å². The average Bonchev–Trinajstić information content (AvgIpc) is 3.67. The SMILES string of the molecule is C=CC(=O)N1CCc2nc(-c3nc(-c4ccc5c(c4)CCN(C)C5)c4ccsc4c3-c3c(F)cc(F)cc3OCC)sc2C1. The lowest BCUT2D eigenvalue weighted by molar-refractivity contribution is -0.126. The van der Waals surface area contributed by atoms with Crippen LogP contribution < -0.4 is 4.74 Å². The Labute approximate surface area is 262 Å². The van der Waals surface area contributed by atoms with Gasteiger partial charge in [-0.1, -0.05) is 18.7 Å². The Morgan fingerprint density at radius 3 is 2.73 bits per heavy atom. The van der Waals surface area contributed by atoms with Gasteiger partial charge in [0.25, 0.3) is 0 Å². The summed E-state index contributed by atoms with van der Waals surface area (Å²) in [5, 5.41) is 3.49. The monoisotopic (exact) mass is 628 g/mol. The van der Waals surface area contributed by atoms with Gasteiger partial charge in [-0.15, -0.1) is 22.7 Å². The fraction of sp³-hybridized carbons (Fsp3) is 0.265. The standard InChI is InChI=1S/C34H30F2N4O2S2/c1-4-28(41)40-12-9-25-27(18-40)44-34(37-25)32-30(29-24(36)15-22(35)16-26(29)42-5-2)33-23(10-13-43-33)31(38-32)20-6-7-21-17-39(3)11-8-19(21)14-20/h4,6-7,10,13-16H,1,5,8-9,11-12,17-18H2,2-3H3. The molecule has 0 spiro atoms. The van der Waals surface area contributed by atoms with E-state index in [1.807, 2.05) is 11.4 Å². The minimum atomic E-state index is -0.721. The second kappa shape index (κ2) is 11.5. The summed E-state index contributed by atoms with van der Waals surface area (Å²) in [6, 6.07) is 10.6. The molecule has 0 saturated carbocycles. The number of rotatable bonds is 6. The lowest BCUT2D eigenvalue weighted by Gasteiger charge is -2.25. The number of hydrogen-bond donors (Lipinski definition) is 0. The molecule has 0 atom stereocenters. The van der Waals surface area contributed by atoms with Gasteiger partial charge in [0.2, 0.25) is 5.91 Å². The topological polar surface area (TPSA) is 58.6 Å². The van der Waals surface area contributed by atoms with Gasteiger partial charge in [0.1, 0.15) is 28.1 Å². The van der Waals surface area contributed by atoms with Crippen molar-refractivity contribution in [2.75, 3.05) is 26.7 Å². The Morgan fingerprint density at radius 1 is 1.05 bits per heavy atom. The third-order valence-electron chi connectivity index (χ3n) is 8.28. The number of hydrogen-bond acceptors (Lipinski definition) is 7. The normalized spacial score (nSPS) is 14.9. The van der Waals surface area contributed by atoms with E-state index in [1.54, 1.807) is 11.8 Å². The van der Waals surface area contributed by atoms with Crippen LogP contribution in [0.3, 0.4) is 0 Å². The second-order valence-electron chi connectivity index (χ2n) is 11.1. The predicted octanol–water partition coefficient (Wildman–Crippen LogP) is 7.49. The number of fused-ring (bicyclic) bond motifs is 3. The van der Waals surface area contributed by atoms with Crippen molar-refractivity contribution in [1.29, 1.82) is 0 Å². The Hall–Kier alpha value is -3.99. The number of ether oxygens (including phenoxy) is 1. The van der Waals surface area contributed by atoms with Gasteiger partial charge in [-0.2, -0.15) is 0 Å². The largest absolute Gasteiger partial charge is 0.493 e. The van der Waals surface area contributed by atoms with Gasteiger partial charge >= 0.3 is 0 Å². The molecule has 5 heterocycles. The summed E-state index contributed by atoms with van der Waals surface area (Å²) in [5.74, 6) is -1.43. The van der Waals surface area contributed by atoms with Gasteiger partial charge in [0.15, 0.2) is 0 Å². The van der Waals surface area contributed by atoms with Crippen molar-refractivity contribution < 1.29 is 18.3 Å². The first-order valence-corrected chi connectivity index (χ1v) is 16.3. The second-order valence-corrected chi connectivity index (χ2v) is 13.1. The minimum Gasteiger partial charge on any atom is -0.493 e. The number of likely N-dealkylation sites (N-methyl/N-ethyl adjacent to an activating group) is 1. The fourth-order valence-corrected chi connectivity index (χ4v) is 8.22. The number of halogens is 2. The quantitative estimate of drug-likeness (QED) is 0.183. The van der Waals surface area contributed by atoms with E-state index in [4.69, 9.17) is 14.7 Å². The first kappa shape index (κ1) is 28.8. The average molecular weight is 629 g/mol. The van der Waals surface area contributed by atoms with Gasteiger partial charge in [-0.25, -0.2) is 18.7 Å². The zero-order chi connectivity index (χ0) is 30.5. The van der Waals surface area contributed by atoms with Gasteiger partial charge in [0, 0.05) is 64.3 Å². The maximum Gasteiger partial charge on any atom is 0.246 e.